The molecular formula is C19H22N4O2. The smallest absolute Gasteiger partial charge is 0.251 e. The monoisotopic (exact) mass is 338 g/mol. The zero-order valence-electron chi connectivity index (χ0n) is 14.6. The fourth-order valence-corrected chi connectivity index (χ4v) is 2.49. The van der Waals surface area contributed by atoms with Crippen molar-refractivity contribution in [1.82, 2.24) is 19.9 Å². The lowest BCUT2D eigenvalue weighted by molar-refractivity contribution is 0.0937. The Labute approximate surface area is 146 Å². The molecule has 3 rings (SSSR count). The first-order chi connectivity index (χ1) is 12.0. The molecule has 3 aromatic rings. The zero-order valence-corrected chi connectivity index (χ0v) is 14.6. The fourth-order valence-electron chi connectivity index (χ4n) is 2.49. The summed E-state index contributed by atoms with van der Waals surface area (Å²) in [5.74, 6) is 1.65. The molecule has 1 aromatic carbocycles. The van der Waals surface area contributed by atoms with Gasteiger partial charge in [-0.15, -0.1) is 10.2 Å². The van der Waals surface area contributed by atoms with E-state index in [-0.39, 0.29) is 11.9 Å². The minimum absolute atomic E-state index is 0.171. The van der Waals surface area contributed by atoms with Crippen molar-refractivity contribution in [3.8, 4) is 5.75 Å². The van der Waals surface area contributed by atoms with E-state index in [2.05, 4.69) is 29.4 Å². The van der Waals surface area contributed by atoms with E-state index in [9.17, 15) is 4.79 Å². The van der Waals surface area contributed by atoms with E-state index in [0.717, 1.165) is 5.65 Å². The van der Waals surface area contributed by atoms with Crippen LogP contribution in [0.5, 0.6) is 5.75 Å². The molecule has 0 aliphatic carbocycles. The number of aromatic nitrogens is 3. The van der Waals surface area contributed by atoms with Gasteiger partial charge in [-0.2, -0.15) is 0 Å². The summed E-state index contributed by atoms with van der Waals surface area (Å²) in [5, 5.41) is 11.3. The molecule has 0 spiro atoms. The normalized spacial score (nSPS) is 12.3. The first-order valence-corrected chi connectivity index (χ1v) is 8.38. The molecule has 2 heterocycles. The van der Waals surface area contributed by atoms with Crippen LogP contribution in [0.1, 0.15) is 43.0 Å². The molecule has 1 atom stereocenters. The summed E-state index contributed by atoms with van der Waals surface area (Å²) < 4.78 is 7.55. The summed E-state index contributed by atoms with van der Waals surface area (Å²) in [6.07, 6.45) is 1.88. The summed E-state index contributed by atoms with van der Waals surface area (Å²) >= 11 is 0. The number of carbonyl (C=O) groups is 1. The molecule has 6 nitrogen and oxygen atoms in total. The minimum atomic E-state index is -0.273. The maximum Gasteiger partial charge on any atom is 0.251 e. The topological polar surface area (TPSA) is 68.5 Å². The van der Waals surface area contributed by atoms with Gasteiger partial charge in [-0.05, 0) is 43.2 Å². The van der Waals surface area contributed by atoms with Gasteiger partial charge >= 0.3 is 0 Å². The third kappa shape index (κ3) is 3.96. The van der Waals surface area contributed by atoms with Crippen molar-refractivity contribution >= 4 is 11.6 Å². The van der Waals surface area contributed by atoms with E-state index in [1.165, 1.54) is 0 Å². The van der Waals surface area contributed by atoms with Gasteiger partial charge in [0.15, 0.2) is 11.5 Å². The van der Waals surface area contributed by atoms with Gasteiger partial charge in [0.05, 0.1) is 12.6 Å². The van der Waals surface area contributed by atoms with Crippen LogP contribution in [0.2, 0.25) is 0 Å². The van der Waals surface area contributed by atoms with Crippen molar-refractivity contribution in [2.75, 3.05) is 6.61 Å². The highest BCUT2D eigenvalue weighted by Gasteiger charge is 2.17. The molecule has 0 radical (unpaired) electrons. The van der Waals surface area contributed by atoms with Crippen LogP contribution in [0.3, 0.4) is 0 Å². The minimum Gasteiger partial charge on any atom is -0.493 e. The highest BCUT2D eigenvalue weighted by molar-refractivity contribution is 5.94. The number of pyridine rings is 1. The van der Waals surface area contributed by atoms with E-state index in [1.54, 1.807) is 12.1 Å². The summed E-state index contributed by atoms with van der Waals surface area (Å²) in [5.41, 5.74) is 1.31. The van der Waals surface area contributed by atoms with Crippen molar-refractivity contribution in [1.29, 1.82) is 0 Å². The lowest BCUT2D eigenvalue weighted by Crippen LogP contribution is -2.28. The average Bonchev–Trinajstić information content (AvgIpc) is 3.04. The van der Waals surface area contributed by atoms with Crippen LogP contribution in [0, 0.1) is 5.92 Å². The molecule has 130 valence electrons. The molecule has 25 heavy (non-hydrogen) atoms. The molecular weight excluding hydrogens is 316 g/mol. The summed E-state index contributed by atoms with van der Waals surface area (Å²) in [4.78, 5) is 12.6. The third-order valence-corrected chi connectivity index (χ3v) is 3.75. The molecule has 2 aromatic heterocycles. The van der Waals surface area contributed by atoms with E-state index in [4.69, 9.17) is 4.74 Å². The Kier molecular flexibility index (Phi) is 4.97. The second-order valence-electron chi connectivity index (χ2n) is 6.41. The Balaban J connectivity index is 1.72. The SMILES string of the molecule is CC(C)COc1cccc(C(=O)NC(C)c2nnc3ccccn23)c1. The molecule has 0 saturated heterocycles. The number of amides is 1. The van der Waals surface area contributed by atoms with Crippen LogP contribution in [0.25, 0.3) is 5.65 Å². The summed E-state index contributed by atoms with van der Waals surface area (Å²) in [7, 11) is 0. The lowest BCUT2D eigenvalue weighted by atomic mass is 10.2. The molecule has 1 N–H and O–H groups in total. The first-order valence-electron chi connectivity index (χ1n) is 8.38. The second-order valence-corrected chi connectivity index (χ2v) is 6.41. The van der Waals surface area contributed by atoms with Gasteiger partial charge < -0.3 is 10.1 Å². The lowest BCUT2D eigenvalue weighted by Gasteiger charge is -2.13. The van der Waals surface area contributed by atoms with Gasteiger partial charge in [0.25, 0.3) is 5.91 Å². The van der Waals surface area contributed by atoms with Crippen molar-refractivity contribution in [3.63, 3.8) is 0 Å². The van der Waals surface area contributed by atoms with E-state index in [0.29, 0.717) is 29.7 Å². The highest BCUT2D eigenvalue weighted by Crippen LogP contribution is 2.16. The van der Waals surface area contributed by atoms with Crippen LogP contribution in [0.15, 0.2) is 48.7 Å². The van der Waals surface area contributed by atoms with Gasteiger partial charge in [-0.1, -0.05) is 26.0 Å². The van der Waals surface area contributed by atoms with E-state index >= 15 is 0 Å². The van der Waals surface area contributed by atoms with Crippen molar-refractivity contribution < 1.29 is 9.53 Å². The standard InChI is InChI=1S/C19H22N4O2/c1-13(2)12-25-16-8-6-7-15(11-16)19(24)20-14(3)18-22-21-17-9-4-5-10-23(17)18/h4-11,13-14H,12H2,1-3H3,(H,20,24). The van der Waals surface area contributed by atoms with Crippen LogP contribution in [-0.4, -0.2) is 27.1 Å². The highest BCUT2D eigenvalue weighted by atomic mass is 16.5. The third-order valence-electron chi connectivity index (χ3n) is 3.75. The van der Waals surface area contributed by atoms with Crippen molar-refractivity contribution in [2.45, 2.75) is 26.8 Å². The second kappa shape index (κ2) is 7.34. The Morgan fingerprint density at radius 2 is 2.00 bits per heavy atom. The molecule has 0 saturated carbocycles. The largest absolute Gasteiger partial charge is 0.493 e. The van der Waals surface area contributed by atoms with E-state index < -0.39 is 0 Å². The predicted octanol–water partition coefficient (Wildman–Crippen LogP) is 3.26. The van der Waals surface area contributed by atoms with Gasteiger partial charge in [-0.3, -0.25) is 9.20 Å². The molecule has 1 amide bonds. The first kappa shape index (κ1) is 17.0. The Morgan fingerprint density at radius 1 is 1.16 bits per heavy atom. The number of ether oxygens (including phenoxy) is 1. The van der Waals surface area contributed by atoms with Gasteiger partial charge in [-0.25, -0.2) is 0 Å². The quantitative estimate of drug-likeness (QED) is 0.749. The number of nitrogens with zero attached hydrogens (tertiary/aromatic N) is 3. The zero-order chi connectivity index (χ0) is 17.8. The fraction of sp³-hybridized carbons (Fsp3) is 0.316. The number of benzene rings is 1. The number of fused-ring (bicyclic) bond motifs is 1. The molecule has 6 heteroatoms. The maximum atomic E-state index is 12.6. The number of rotatable bonds is 6. The number of hydrogen-bond acceptors (Lipinski definition) is 4. The predicted molar refractivity (Wildman–Crippen MR) is 95.6 cm³/mol. The van der Waals surface area contributed by atoms with E-state index in [1.807, 2.05) is 47.9 Å². The van der Waals surface area contributed by atoms with Crippen molar-refractivity contribution in [2.24, 2.45) is 5.92 Å². The Bertz CT molecular complexity index is 872. The van der Waals surface area contributed by atoms with Crippen LogP contribution in [0.4, 0.5) is 0 Å². The number of hydrogen-bond donors (Lipinski definition) is 1. The maximum absolute atomic E-state index is 12.6. The molecule has 0 bridgehead atoms. The molecule has 0 aliphatic rings. The average molecular weight is 338 g/mol. The number of nitrogens with one attached hydrogen (secondary N) is 1. The summed E-state index contributed by atoms with van der Waals surface area (Å²) in [6.45, 7) is 6.68. The van der Waals surface area contributed by atoms with Crippen LogP contribution in [-0.2, 0) is 0 Å². The Morgan fingerprint density at radius 3 is 2.80 bits per heavy atom. The van der Waals surface area contributed by atoms with Crippen LogP contribution >= 0.6 is 0 Å². The summed E-state index contributed by atoms with van der Waals surface area (Å²) in [6, 6.07) is 12.6. The number of carbonyl (C=O) groups excluding carboxylic acids is 1. The van der Waals surface area contributed by atoms with Gasteiger partial charge in [0.2, 0.25) is 0 Å². The molecule has 0 fully saturated rings. The van der Waals surface area contributed by atoms with Gasteiger partial charge in [0, 0.05) is 11.8 Å². The van der Waals surface area contributed by atoms with Gasteiger partial charge in [0.1, 0.15) is 5.75 Å². The van der Waals surface area contributed by atoms with Crippen molar-refractivity contribution in [3.05, 3.63) is 60.0 Å². The van der Waals surface area contributed by atoms with Crippen LogP contribution < -0.4 is 10.1 Å². The molecule has 1 unspecified atom stereocenters. The molecule has 0 aliphatic heterocycles. The Hall–Kier alpha value is -2.89.